The Morgan fingerprint density at radius 1 is 0.714 bits per heavy atom. The maximum Gasteiger partial charge on any atom is 0.231 e. The molecule has 3 aromatic carbocycles. The first kappa shape index (κ1) is 19.8. The van der Waals surface area contributed by atoms with E-state index in [4.69, 9.17) is 32.7 Å². The van der Waals surface area contributed by atoms with E-state index in [1.165, 1.54) is 16.7 Å². The van der Waals surface area contributed by atoms with Crippen LogP contribution in [0.4, 0.5) is 0 Å². The molecule has 0 saturated heterocycles. The number of ether oxygens (including phenoxy) is 2. The number of fused-ring (bicyclic) bond motifs is 1. The normalized spacial score (nSPS) is 12.5. The molecule has 0 N–H and O–H groups in total. The van der Waals surface area contributed by atoms with Gasteiger partial charge >= 0.3 is 0 Å². The second kappa shape index (κ2) is 9.36. The summed E-state index contributed by atoms with van der Waals surface area (Å²) in [6.07, 6.45) is 0. The summed E-state index contributed by atoms with van der Waals surface area (Å²) in [5, 5.41) is 1.52. The molecule has 28 heavy (non-hydrogen) atoms. The lowest BCUT2D eigenvalue weighted by molar-refractivity contribution is 0.174. The Morgan fingerprint density at radius 2 is 1.25 bits per heavy atom. The monoisotopic (exact) mass is 448 g/mol. The Balaban J connectivity index is 1.49. The second-order valence-electron chi connectivity index (χ2n) is 6.32. The molecule has 0 aliphatic carbocycles. The van der Waals surface area contributed by atoms with E-state index in [9.17, 15) is 0 Å². The van der Waals surface area contributed by atoms with Crippen molar-refractivity contribution in [1.82, 2.24) is 0 Å². The zero-order valence-corrected chi connectivity index (χ0v) is 18.1. The molecular formula is C22H18Cl2O2S2. The van der Waals surface area contributed by atoms with Gasteiger partial charge in [0.15, 0.2) is 11.5 Å². The molecule has 0 fully saturated rings. The molecule has 0 bridgehead atoms. The largest absolute Gasteiger partial charge is 0.454 e. The summed E-state index contributed by atoms with van der Waals surface area (Å²) < 4.78 is 11.3. The van der Waals surface area contributed by atoms with Gasteiger partial charge in [0.1, 0.15) is 0 Å². The molecule has 0 saturated carbocycles. The summed E-state index contributed by atoms with van der Waals surface area (Å²) in [4.78, 5) is 0. The fourth-order valence-electron chi connectivity index (χ4n) is 2.81. The molecule has 4 rings (SSSR count). The number of benzene rings is 3. The van der Waals surface area contributed by atoms with Crippen LogP contribution in [0.1, 0.15) is 21.3 Å². The van der Waals surface area contributed by atoms with E-state index < -0.39 is 0 Å². The van der Waals surface area contributed by atoms with Crippen molar-refractivity contribution in [2.45, 2.75) is 16.1 Å². The van der Waals surface area contributed by atoms with Crippen LogP contribution >= 0.6 is 46.7 Å². The van der Waals surface area contributed by atoms with Crippen molar-refractivity contribution in [3.63, 3.8) is 0 Å². The molecule has 3 aromatic rings. The van der Waals surface area contributed by atoms with Gasteiger partial charge in [-0.1, -0.05) is 53.5 Å². The third-order valence-corrected chi connectivity index (χ3v) is 7.77. The van der Waals surface area contributed by atoms with E-state index in [0.29, 0.717) is 6.79 Å². The van der Waals surface area contributed by atoms with E-state index in [0.717, 1.165) is 33.0 Å². The van der Waals surface area contributed by atoms with Crippen LogP contribution < -0.4 is 9.47 Å². The molecule has 0 amide bonds. The number of hydrogen-bond donors (Lipinski definition) is 0. The lowest BCUT2D eigenvalue weighted by atomic mass is 10.2. The van der Waals surface area contributed by atoms with Crippen molar-refractivity contribution in [2.75, 3.05) is 6.79 Å². The van der Waals surface area contributed by atoms with Crippen LogP contribution in [0, 0.1) is 0 Å². The van der Waals surface area contributed by atoms with Gasteiger partial charge in [0.2, 0.25) is 6.79 Å². The number of thioether (sulfide) groups is 2. The first-order valence-corrected chi connectivity index (χ1v) is 11.6. The van der Waals surface area contributed by atoms with Crippen LogP contribution in [0.5, 0.6) is 11.5 Å². The van der Waals surface area contributed by atoms with E-state index in [1.807, 2.05) is 53.9 Å². The van der Waals surface area contributed by atoms with Crippen LogP contribution in [-0.2, 0) is 11.5 Å². The maximum atomic E-state index is 6.01. The van der Waals surface area contributed by atoms with Crippen LogP contribution in [-0.4, -0.2) is 6.79 Å². The van der Waals surface area contributed by atoms with Gasteiger partial charge in [-0.2, -0.15) is 0 Å². The van der Waals surface area contributed by atoms with Gasteiger partial charge in [-0.3, -0.25) is 0 Å². The lowest BCUT2D eigenvalue weighted by Gasteiger charge is -2.17. The highest BCUT2D eigenvalue weighted by molar-refractivity contribution is 8.15. The molecule has 2 nitrogen and oxygen atoms in total. The molecular weight excluding hydrogens is 431 g/mol. The first-order valence-electron chi connectivity index (χ1n) is 8.79. The number of rotatable bonds is 7. The summed E-state index contributed by atoms with van der Waals surface area (Å²) in [6.45, 7) is 0.291. The molecule has 1 heterocycles. The lowest BCUT2D eigenvalue weighted by Crippen LogP contribution is -1.94. The summed E-state index contributed by atoms with van der Waals surface area (Å²) in [7, 11) is 0. The summed E-state index contributed by atoms with van der Waals surface area (Å²) in [5.41, 5.74) is 3.74. The fraction of sp³-hybridized carbons (Fsp3) is 0.182. The van der Waals surface area contributed by atoms with Crippen molar-refractivity contribution in [3.05, 3.63) is 93.5 Å². The zero-order chi connectivity index (χ0) is 19.3. The van der Waals surface area contributed by atoms with Crippen molar-refractivity contribution in [3.8, 4) is 11.5 Å². The summed E-state index contributed by atoms with van der Waals surface area (Å²) >= 11 is 15.8. The van der Waals surface area contributed by atoms with E-state index in [-0.39, 0.29) is 4.58 Å². The third kappa shape index (κ3) is 5.12. The Kier molecular flexibility index (Phi) is 6.63. The van der Waals surface area contributed by atoms with Gasteiger partial charge in [-0.15, -0.1) is 23.5 Å². The van der Waals surface area contributed by atoms with Crippen molar-refractivity contribution >= 4 is 46.7 Å². The molecule has 0 spiro atoms. The van der Waals surface area contributed by atoms with Gasteiger partial charge in [-0.05, 0) is 53.1 Å². The van der Waals surface area contributed by atoms with Gasteiger partial charge in [0.25, 0.3) is 0 Å². The van der Waals surface area contributed by atoms with Gasteiger partial charge < -0.3 is 9.47 Å². The molecule has 0 radical (unpaired) electrons. The highest BCUT2D eigenvalue weighted by Gasteiger charge is 2.19. The van der Waals surface area contributed by atoms with E-state index in [2.05, 4.69) is 36.4 Å². The average Bonchev–Trinajstić information content (AvgIpc) is 3.18. The molecule has 0 aromatic heterocycles. The van der Waals surface area contributed by atoms with Gasteiger partial charge in [-0.25, -0.2) is 0 Å². The van der Waals surface area contributed by atoms with Crippen LogP contribution in [0.2, 0.25) is 10.0 Å². The highest BCUT2D eigenvalue weighted by Crippen LogP contribution is 2.45. The molecule has 144 valence electrons. The Bertz CT molecular complexity index is 881. The SMILES string of the molecule is Clc1ccc(CSC(SCc2ccc(Cl)cc2)c2ccc3c(c2)OCO3)cc1. The first-order chi connectivity index (χ1) is 13.7. The standard InChI is InChI=1S/C22H18Cl2O2S2/c23-18-6-1-15(2-7-18)12-27-22(28-13-16-3-8-19(24)9-4-16)17-5-10-20-21(11-17)26-14-25-20/h1-11,22H,12-14H2. The number of hydrogen-bond acceptors (Lipinski definition) is 4. The van der Waals surface area contributed by atoms with Crippen molar-refractivity contribution in [2.24, 2.45) is 0 Å². The Labute approximate surface area is 183 Å². The molecule has 1 aliphatic heterocycles. The molecule has 1 aliphatic rings. The molecule has 0 unspecified atom stereocenters. The predicted octanol–water partition coefficient (Wildman–Crippen LogP) is 7.59. The van der Waals surface area contributed by atoms with Crippen molar-refractivity contribution < 1.29 is 9.47 Å². The summed E-state index contributed by atoms with van der Waals surface area (Å²) in [6, 6.07) is 22.3. The quantitative estimate of drug-likeness (QED) is 0.346. The minimum Gasteiger partial charge on any atom is -0.454 e. The Hall–Kier alpha value is -1.46. The highest BCUT2D eigenvalue weighted by atomic mass is 35.5. The summed E-state index contributed by atoms with van der Waals surface area (Å²) in [5.74, 6) is 3.45. The van der Waals surface area contributed by atoms with Crippen LogP contribution in [0.3, 0.4) is 0 Å². The van der Waals surface area contributed by atoms with Crippen molar-refractivity contribution in [1.29, 1.82) is 0 Å². The maximum absolute atomic E-state index is 6.01. The minimum absolute atomic E-state index is 0.265. The molecule has 6 heteroatoms. The second-order valence-corrected chi connectivity index (χ2v) is 9.68. The predicted molar refractivity (Wildman–Crippen MR) is 121 cm³/mol. The average molecular weight is 449 g/mol. The van der Waals surface area contributed by atoms with Gasteiger partial charge in [0.05, 0.1) is 4.58 Å². The van der Waals surface area contributed by atoms with E-state index >= 15 is 0 Å². The topological polar surface area (TPSA) is 18.5 Å². The minimum atomic E-state index is 0.265. The number of halogens is 2. The third-order valence-electron chi connectivity index (χ3n) is 4.30. The van der Waals surface area contributed by atoms with Crippen LogP contribution in [0.15, 0.2) is 66.7 Å². The van der Waals surface area contributed by atoms with E-state index in [1.54, 1.807) is 0 Å². The fourth-order valence-corrected chi connectivity index (χ4v) is 5.60. The smallest absolute Gasteiger partial charge is 0.231 e. The van der Waals surface area contributed by atoms with Crippen LogP contribution in [0.25, 0.3) is 0 Å². The molecule has 0 atom stereocenters. The van der Waals surface area contributed by atoms with Gasteiger partial charge in [0, 0.05) is 21.6 Å². The zero-order valence-electron chi connectivity index (χ0n) is 14.9. The Morgan fingerprint density at radius 3 is 1.82 bits per heavy atom.